The highest BCUT2D eigenvalue weighted by Gasteiger charge is 2.56. The summed E-state index contributed by atoms with van der Waals surface area (Å²) in [4.78, 5) is 2.53. The number of nitrogens with zero attached hydrogens (tertiary/aromatic N) is 1. The second-order valence-electron chi connectivity index (χ2n) is 16.9. The van der Waals surface area contributed by atoms with Gasteiger partial charge in [0.15, 0.2) is 0 Å². The molecule has 5 aromatic carbocycles. The third-order valence-corrected chi connectivity index (χ3v) is 12.6. The molecule has 49 heavy (non-hydrogen) atoms. The molecule has 0 amide bonds. The molecule has 0 N–H and O–H groups in total. The highest BCUT2D eigenvalue weighted by Crippen LogP contribution is 2.65. The molecule has 244 valence electrons. The predicted molar refractivity (Wildman–Crippen MR) is 207 cm³/mol. The summed E-state index contributed by atoms with van der Waals surface area (Å²) >= 11 is 0. The van der Waals surface area contributed by atoms with Gasteiger partial charge >= 0.3 is 0 Å². The lowest BCUT2D eigenvalue weighted by atomic mass is 9.71. The monoisotopic (exact) mass is 637 g/mol. The topological polar surface area (TPSA) is 3.24 Å². The van der Waals surface area contributed by atoms with Gasteiger partial charge in [-0.3, -0.25) is 0 Å². The number of benzene rings is 5. The number of rotatable bonds is 4. The SMILES string of the molecule is CC1(C)CC2(CC(C)(C)c3cc(N(c4ccc5c(c4)C(C)(C)c4ccccc4-5)c4ccccc4-c4ccccc4)ccc32)C2=C1CCC=C2. The lowest BCUT2D eigenvalue weighted by Crippen LogP contribution is -2.27. The van der Waals surface area contributed by atoms with Crippen LogP contribution < -0.4 is 4.90 Å². The van der Waals surface area contributed by atoms with Crippen LogP contribution in [0.5, 0.6) is 0 Å². The summed E-state index contributed by atoms with van der Waals surface area (Å²) in [5.41, 5.74) is 18.3. The maximum atomic E-state index is 2.55. The molecule has 0 aromatic heterocycles. The molecule has 0 bridgehead atoms. The number of hydrogen-bond acceptors (Lipinski definition) is 1. The molecule has 0 fully saturated rings. The van der Waals surface area contributed by atoms with Crippen molar-refractivity contribution in [2.75, 3.05) is 4.90 Å². The van der Waals surface area contributed by atoms with Gasteiger partial charge in [0.05, 0.1) is 5.69 Å². The van der Waals surface area contributed by atoms with Crippen molar-refractivity contribution in [3.8, 4) is 22.3 Å². The summed E-state index contributed by atoms with van der Waals surface area (Å²) in [6, 6.07) is 43.5. The van der Waals surface area contributed by atoms with Crippen molar-refractivity contribution in [2.45, 2.75) is 83.5 Å². The van der Waals surface area contributed by atoms with Crippen LogP contribution >= 0.6 is 0 Å². The summed E-state index contributed by atoms with van der Waals surface area (Å²) in [6.45, 7) is 14.7. The van der Waals surface area contributed by atoms with Gasteiger partial charge < -0.3 is 4.90 Å². The molecule has 1 nitrogen and oxygen atoms in total. The number of fused-ring (bicyclic) bond motifs is 6. The Kier molecular flexibility index (Phi) is 6.49. The smallest absolute Gasteiger partial charge is 0.0540 e. The number of hydrogen-bond donors (Lipinski definition) is 0. The van der Waals surface area contributed by atoms with E-state index < -0.39 is 0 Å². The van der Waals surface area contributed by atoms with E-state index in [1.807, 2.05) is 0 Å². The summed E-state index contributed by atoms with van der Waals surface area (Å²) in [5, 5.41) is 0. The Morgan fingerprint density at radius 3 is 1.96 bits per heavy atom. The Labute approximate surface area is 293 Å². The fourth-order valence-electron chi connectivity index (χ4n) is 10.6. The largest absolute Gasteiger partial charge is 0.310 e. The molecule has 0 saturated heterocycles. The standard InChI is InChI=1S/C48H47N/c1-45(2)30-48(40-22-14-13-21-39(40)45)31-46(3,4)43-29-34(25-27-41(43)48)49(44-23-15-11-18-35(44)32-16-8-7-9-17-32)33-24-26-37-36-19-10-12-20-38(36)47(5,6)42(37)28-33/h7-12,14-20,22-29H,13,21,30-31H2,1-6H3. The predicted octanol–water partition coefficient (Wildman–Crippen LogP) is 13.1. The first kappa shape index (κ1) is 30.4. The van der Waals surface area contributed by atoms with Gasteiger partial charge in [0.1, 0.15) is 0 Å². The summed E-state index contributed by atoms with van der Waals surface area (Å²) < 4.78 is 0. The third kappa shape index (κ3) is 4.37. The van der Waals surface area contributed by atoms with Gasteiger partial charge in [-0.25, -0.2) is 0 Å². The number of allylic oxidation sites excluding steroid dienone is 4. The van der Waals surface area contributed by atoms with Gasteiger partial charge in [-0.15, -0.1) is 0 Å². The van der Waals surface area contributed by atoms with E-state index in [2.05, 4.69) is 174 Å². The second-order valence-corrected chi connectivity index (χ2v) is 16.9. The van der Waals surface area contributed by atoms with Crippen molar-refractivity contribution in [3.05, 3.63) is 161 Å². The number of anilines is 3. The minimum absolute atomic E-state index is 0.0569. The van der Waals surface area contributed by atoms with Gasteiger partial charge in [0, 0.05) is 27.8 Å². The van der Waals surface area contributed by atoms with Crippen LogP contribution in [0.1, 0.15) is 89.5 Å². The van der Waals surface area contributed by atoms with E-state index in [1.54, 1.807) is 16.7 Å². The first-order valence-electron chi connectivity index (χ1n) is 18.3. The zero-order valence-electron chi connectivity index (χ0n) is 29.9. The fourth-order valence-corrected chi connectivity index (χ4v) is 10.6. The molecular weight excluding hydrogens is 591 g/mol. The van der Waals surface area contributed by atoms with E-state index in [-0.39, 0.29) is 21.7 Å². The van der Waals surface area contributed by atoms with Crippen LogP contribution in [0.15, 0.2) is 139 Å². The Bertz CT molecular complexity index is 2210. The van der Waals surface area contributed by atoms with Crippen molar-refractivity contribution in [1.29, 1.82) is 0 Å². The van der Waals surface area contributed by atoms with Gasteiger partial charge in [0.25, 0.3) is 0 Å². The highest BCUT2D eigenvalue weighted by molar-refractivity contribution is 5.91. The van der Waals surface area contributed by atoms with Crippen molar-refractivity contribution in [3.63, 3.8) is 0 Å². The van der Waals surface area contributed by atoms with Crippen LogP contribution in [0.25, 0.3) is 22.3 Å². The average molecular weight is 638 g/mol. The zero-order chi connectivity index (χ0) is 33.8. The van der Waals surface area contributed by atoms with Crippen LogP contribution in [0, 0.1) is 5.41 Å². The zero-order valence-corrected chi connectivity index (χ0v) is 29.9. The van der Waals surface area contributed by atoms with Crippen LogP contribution in [-0.4, -0.2) is 0 Å². The first-order chi connectivity index (χ1) is 23.5. The van der Waals surface area contributed by atoms with Crippen molar-refractivity contribution >= 4 is 17.1 Å². The third-order valence-electron chi connectivity index (χ3n) is 12.6. The molecule has 1 spiro atoms. The molecule has 4 aliphatic rings. The molecule has 0 aliphatic heterocycles. The molecule has 9 rings (SSSR count). The Morgan fingerprint density at radius 1 is 0.531 bits per heavy atom. The maximum Gasteiger partial charge on any atom is 0.0540 e. The van der Waals surface area contributed by atoms with Gasteiger partial charge in [-0.2, -0.15) is 0 Å². The molecule has 0 heterocycles. The molecule has 1 heteroatoms. The Balaban J connectivity index is 1.26. The van der Waals surface area contributed by atoms with Crippen molar-refractivity contribution < 1.29 is 0 Å². The van der Waals surface area contributed by atoms with E-state index in [9.17, 15) is 0 Å². The van der Waals surface area contributed by atoms with Crippen molar-refractivity contribution in [2.24, 2.45) is 5.41 Å². The molecule has 5 aromatic rings. The van der Waals surface area contributed by atoms with Gasteiger partial charge in [0.2, 0.25) is 0 Å². The van der Waals surface area contributed by atoms with Gasteiger partial charge in [-0.1, -0.05) is 144 Å². The average Bonchev–Trinajstić information content (AvgIpc) is 3.58. The highest BCUT2D eigenvalue weighted by atomic mass is 15.1. The van der Waals surface area contributed by atoms with E-state index in [4.69, 9.17) is 0 Å². The molecule has 4 aliphatic carbocycles. The van der Waals surface area contributed by atoms with E-state index in [0.29, 0.717) is 0 Å². The Morgan fingerprint density at radius 2 is 1.16 bits per heavy atom. The van der Waals surface area contributed by atoms with Crippen molar-refractivity contribution in [1.82, 2.24) is 0 Å². The lowest BCUT2D eigenvalue weighted by molar-refractivity contribution is 0.315. The lowest BCUT2D eigenvalue weighted by Gasteiger charge is -2.32. The van der Waals surface area contributed by atoms with Crippen LogP contribution in [0.3, 0.4) is 0 Å². The normalized spacial score (nSPS) is 21.8. The second kappa shape index (κ2) is 10.4. The van der Waals surface area contributed by atoms with Crippen LogP contribution in [-0.2, 0) is 16.2 Å². The summed E-state index contributed by atoms with van der Waals surface area (Å²) in [6.07, 6.45) is 9.67. The fraction of sp³-hybridized carbons (Fsp3) is 0.292. The maximum absolute atomic E-state index is 2.55. The molecule has 1 unspecified atom stereocenters. The quantitative estimate of drug-likeness (QED) is 0.189. The first-order valence-corrected chi connectivity index (χ1v) is 18.3. The molecular formula is C48H47N. The number of para-hydroxylation sites is 1. The van der Waals surface area contributed by atoms with Crippen LogP contribution in [0.4, 0.5) is 17.1 Å². The van der Waals surface area contributed by atoms with E-state index in [1.165, 1.54) is 75.3 Å². The van der Waals surface area contributed by atoms with Gasteiger partial charge in [-0.05, 0) is 111 Å². The van der Waals surface area contributed by atoms with E-state index in [0.717, 1.165) is 6.42 Å². The summed E-state index contributed by atoms with van der Waals surface area (Å²) in [5.74, 6) is 0. The van der Waals surface area contributed by atoms with Crippen LogP contribution in [0.2, 0.25) is 0 Å². The Hall–Kier alpha value is -4.62. The molecule has 0 saturated carbocycles. The molecule has 1 atom stereocenters. The molecule has 0 radical (unpaired) electrons. The summed E-state index contributed by atoms with van der Waals surface area (Å²) in [7, 11) is 0. The minimum atomic E-state index is -0.0763. The minimum Gasteiger partial charge on any atom is -0.310 e. The van der Waals surface area contributed by atoms with E-state index >= 15 is 0 Å².